The quantitative estimate of drug-likeness (QED) is 0.721. The summed E-state index contributed by atoms with van der Waals surface area (Å²) in [5.41, 5.74) is 0. The molecule has 0 amide bonds. The Morgan fingerprint density at radius 3 is 2.94 bits per heavy atom. The average Bonchev–Trinajstić information content (AvgIpc) is 2.91. The first-order valence-corrected chi connectivity index (χ1v) is 8.10. The van der Waals surface area contributed by atoms with Gasteiger partial charge in [-0.15, -0.1) is 21.8 Å². The number of alkyl halides is 1. The Kier molecular flexibility index (Phi) is 4.24. The second kappa shape index (κ2) is 5.54. The SMILES string of the molecule is CN(Cc1nnc2n1CCC2)S(=O)(=O)CCCCl. The Labute approximate surface area is 112 Å². The van der Waals surface area contributed by atoms with E-state index in [0.29, 0.717) is 12.3 Å². The molecule has 0 bridgehead atoms. The van der Waals surface area contributed by atoms with E-state index in [2.05, 4.69) is 10.2 Å². The molecular formula is C10H17ClN4O2S. The van der Waals surface area contributed by atoms with Crippen LogP contribution in [0.1, 0.15) is 24.5 Å². The monoisotopic (exact) mass is 292 g/mol. The van der Waals surface area contributed by atoms with E-state index in [1.54, 1.807) is 7.05 Å². The van der Waals surface area contributed by atoms with Gasteiger partial charge in [0.25, 0.3) is 0 Å². The summed E-state index contributed by atoms with van der Waals surface area (Å²) in [4.78, 5) is 0. The van der Waals surface area contributed by atoms with Crippen LogP contribution in [-0.2, 0) is 29.5 Å². The molecule has 0 aromatic carbocycles. The molecule has 18 heavy (non-hydrogen) atoms. The van der Waals surface area contributed by atoms with Gasteiger partial charge < -0.3 is 4.57 Å². The van der Waals surface area contributed by atoms with Crippen LogP contribution in [0.25, 0.3) is 0 Å². The number of halogens is 1. The smallest absolute Gasteiger partial charge is 0.214 e. The Bertz CT molecular complexity index is 514. The van der Waals surface area contributed by atoms with Gasteiger partial charge in [-0.2, -0.15) is 4.31 Å². The maximum absolute atomic E-state index is 11.9. The number of fused-ring (bicyclic) bond motifs is 1. The van der Waals surface area contributed by atoms with Gasteiger partial charge in [0.1, 0.15) is 11.6 Å². The van der Waals surface area contributed by atoms with Gasteiger partial charge in [-0.25, -0.2) is 8.42 Å². The zero-order valence-corrected chi connectivity index (χ0v) is 11.9. The molecule has 0 aliphatic carbocycles. The fourth-order valence-corrected chi connectivity index (χ4v) is 3.44. The summed E-state index contributed by atoms with van der Waals surface area (Å²) < 4.78 is 27.2. The van der Waals surface area contributed by atoms with Crippen LogP contribution in [-0.4, -0.2) is 46.2 Å². The van der Waals surface area contributed by atoms with Crippen LogP contribution in [0.5, 0.6) is 0 Å². The minimum absolute atomic E-state index is 0.0774. The highest BCUT2D eigenvalue weighted by atomic mass is 35.5. The molecule has 0 N–H and O–H groups in total. The molecule has 1 aliphatic heterocycles. The van der Waals surface area contributed by atoms with E-state index in [9.17, 15) is 8.42 Å². The summed E-state index contributed by atoms with van der Waals surface area (Å²) in [6.45, 7) is 1.16. The molecule has 1 aromatic heterocycles. The maximum Gasteiger partial charge on any atom is 0.214 e. The van der Waals surface area contributed by atoms with Crippen molar-refractivity contribution in [2.45, 2.75) is 32.4 Å². The number of rotatable bonds is 6. The predicted octanol–water partition coefficient (Wildman–Crippen LogP) is 0.615. The van der Waals surface area contributed by atoms with Crippen LogP contribution < -0.4 is 0 Å². The predicted molar refractivity (Wildman–Crippen MR) is 68.9 cm³/mol. The van der Waals surface area contributed by atoms with Crippen molar-refractivity contribution in [1.82, 2.24) is 19.1 Å². The lowest BCUT2D eigenvalue weighted by molar-refractivity contribution is 0.446. The highest BCUT2D eigenvalue weighted by Gasteiger charge is 2.23. The lowest BCUT2D eigenvalue weighted by Crippen LogP contribution is -2.30. The van der Waals surface area contributed by atoms with Crippen molar-refractivity contribution in [3.8, 4) is 0 Å². The van der Waals surface area contributed by atoms with Crippen molar-refractivity contribution in [1.29, 1.82) is 0 Å². The second-order valence-corrected chi connectivity index (χ2v) is 6.98. The molecule has 1 aliphatic rings. The third kappa shape index (κ3) is 2.84. The molecule has 0 saturated heterocycles. The lowest BCUT2D eigenvalue weighted by atomic mass is 10.4. The summed E-state index contributed by atoms with van der Waals surface area (Å²) in [5.74, 6) is 2.11. The first kappa shape index (κ1) is 13.8. The Hall–Kier alpha value is -0.660. The van der Waals surface area contributed by atoms with E-state index in [0.717, 1.165) is 31.0 Å². The van der Waals surface area contributed by atoms with E-state index in [1.165, 1.54) is 4.31 Å². The minimum atomic E-state index is -3.25. The molecule has 0 unspecified atom stereocenters. The molecule has 0 spiro atoms. The molecular weight excluding hydrogens is 276 g/mol. The molecule has 2 heterocycles. The van der Waals surface area contributed by atoms with Gasteiger partial charge >= 0.3 is 0 Å². The third-order valence-electron chi connectivity index (χ3n) is 3.06. The molecule has 1 aromatic rings. The first-order valence-electron chi connectivity index (χ1n) is 5.95. The van der Waals surface area contributed by atoms with Gasteiger partial charge in [0.2, 0.25) is 10.0 Å². The molecule has 0 fully saturated rings. The fraction of sp³-hybridized carbons (Fsp3) is 0.800. The van der Waals surface area contributed by atoms with Crippen LogP contribution in [0, 0.1) is 0 Å². The Balaban J connectivity index is 2.04. The summed E-state index contributed by atoms with van der Waals surface area (Å²) in [6, 6.07) is 0. The standard InChI is InChI=1S/C10H17ClN4O2S/c1-14(18(16,17)7-3-5-11)8-10-13-12-9-4-2-6-15(9)10/h2-8H2,1H3. The molecule has 0 atom stereocenters. The number of nitrogens with zero attached hydrogens (tertiary/aromatic N) is 4. The van der Waals surface area contributed by atoms with E-state index in [1.807, 2.05) is 4.57 Å². The van der Waals surface area contributed by atoms with Gasteiger partial charge in [-0.05, 0) is 12.8 Å². The lowest BCUT2D eigenvalue weighted by Gasteiger charge is -2.16. The van der Waals surface area contributed by atoms with Gasteiger partial charge in [-0.1, -0.05) is 0 Å². The van der Waals surface area contributed by atoms with Crippen molar-refractivity contribution >= 4 is 21.6 Å². The molecule has 2 rings (SSSR count). The fourth-order valence-electron chi connectivity index (χ4n) is 2.02. The van der Waals surface area contributed by atoms with E-state index < -0.39 is 10.0 Å². The van der Waals surface area contributed by atoms with Crippen LogP contribution in [0.4, 0.5) is 0 Å². The molecule has 0 radical (unpaired) electrons. The van der Waals surface area contributed by atoms with Crippen LogP contribution >= 0.6 is 11.6 Å². The molecule has 102 valence electrons. The van der Waals surface area contributed by atoms with Gasteiger partial charge in [-0.3, -0.25) is 0 Å². The third-order valence-corrected chi connectivity index (χ3v) is 5.21. The van der Waals surface area contributed by atoms with Crippen molar-refractivity contribution < 1.29 is 8.42 Å². The van der Waals surface area contributed by atoms with Crippen molar-refractivity contribution in [3.63, 3.8) is 0 Å². The summed E-state index contributed by atoms with van der Waals surface area (Å²) in [7, 11) is -1.68. The number of sulfonamides is 1. The highest BCUT2D eigenvalue weighted by Crippen LogP contribution is 2.16. The van der Waals surface area contributed by atoms with Crippen LogP contribution in [0.2, 0.25) is 0 Å². The molecule has 0 saturated carbocycles. The number of aryl methyl sites for hydroxylation is 1. The number of aromatic nitrogens is 3. The summed E-state index contributed by atoms with van der Waals surface area (Å²) in [5, 5.41) is 8.12. The topological polar surface area (TPSA) is 68.1 Å². The maximum atomic E-state index is 11.9. The zero-order chi connectivity index (χ0) is 13.2. The summed E-state index contributed by atoms with van der Waals surface area (Å²) in [6.07, 6.45) is 2.45. The molecule has 8 heteroatoms. The Morgan fingerprint density at radius 2 is 2.22 bits per heavy atom. The van der Waals surface area contributed by atoms with Crippen molar-refractivity contribution in [2.24, 2.45) is 0 Å². The second-order valence-electron chi connectivity index (χ2n) is 4.40. The minimum Gasteiger partial charge on any atom is -0.314 e. The normalized spacial score (nSPS) is 15.3. The number of hydrogen-bond acceptors (Lipinski definition) is 4. The number of hydrogen-bond donors (Lipinski definition) is 0. The van der Waals surface area contributed by atoms with Crippen LogP contribution in [0.3, 0.4) is 0 Å². The highest BCUT2D eigenvalue weighted by molar-refractivity contribution is 7.89. The van der Waals surface area contributed by atoms with Gasteiger partial charge in [0, 0.05) is 25.9 Å². The van der Waals surface area contributed by atoms with Gasteiger partial charge in [0.05, 0.1) is 12.3 Å². The van der Waals surface area contributed by atoms with Gasteiger partial charge in [0.15, 0.2) is 0 Å². The Morgan fingerprint density at radius 1 is 1.44 bits per heavy atom. The van der Waals surface area contributed by atoms with E-state index in [-0.39, 0.29) is 12.3 Å². The first-order chi connectivity index (χ1) is 8.54. The van der Waals surface area contributed by atoms with Crippen LogP contribution in [0.15, 0.2) is 0 Å². The van der Waals surface area contributed by atoms with Crippen molar-refractivity contribution in [2.75, 3.05) is 18.7 Å². The zero-order valence-electron chi connectivity index (χ0n) is 10.3. The summed E-state index contributed by atoms with van der Waals surface area (Å²) >= 11 is 5.52. The average molecular weight is 293 g/mol. The van der Waals surface area contributed by atoms with E-state index >= 15 is 0 Å². The van der Waals surface area contributed by atoms with Crippen molar-refractivity contribution in [3.05, 3.63) is 11.6 Å². The largest absolute Gasteiger partial charge is 0.314 e. The molecule has 6 nitrogen and oxygen atoms in total. The van der Waals surface area contributed by atoms with E-state index in [4.69, 9.17) is 11.6 Å².